The summed E-state index contributed by atoms with van der Waals surface area (Å²) in [6.07, 6.45) is -7.61. The zero-order valence-corrected chi connectivity index (χ0v) is 10.9. The van der Waals surface area contributed by atoms with Crippen LogP contribution < -0.4 is 10.6 Å². The molecule has 1 aromatic rings. The summed E-state index contributed by atoms with van der Waals surface area (Å²) in [5.74, 6) is -3.98. The highest BCUT2D eigenvalue weighted by molar-refractivity contribution is 5.96. The molecule has 0 aliphatic heterocycles. The van der Waals surface area contributed by atoms with Crippen LogP contribution in [-0.2, 0) is 4.79 Å². The first-order valence-electron chi connectivity index (χ1n) is 5.85. The maximum absolute atomic E-state index is 12.9. The van der Waals surface area contributed by atoms with Gasteiger partial charge < -0.3 is 15.7 Å². The summed E-state index contributed by atoms with van der Waals surface area (Å²) in [6, 6.07) is 2.00. The Morgan fingerprint density at radius 3 is 2.14 bits per heavy atom. The lowest BCUT2D eigenvalue weighted by molar-refractivity contribution is -0.201. The highest BCUT2D eigenvalue weighted by Gasteiger charge is 2.38. The van der Waals surface area contributed by atoms with Crippen LogP contribution in [0.4, 0.5) is 22.0 Å². The predicted molar refractivity (Wildman–Crippen MR) is 63.8 cm³/mol. The first-order chi connectivity index (χ1) is 10.1. The quantitative estimate of drug-likeness (QED) is 0.698. The number of benzene rings is 1. The van der Waals surface area contributed by atoms with E-state index in [1.54, 1.807) is 5.32 Å². The maximum Gasteiger partial charge on any atom is 0.416 e. The number of amides is 2. The van der Waals surface area contributed by atoms with Crippen molar-refractivity contribution < 1.29 is 36.6 Å². The molecule has 0 radical (unpaired) electrons. The van der Waals surface area contributed by atoms with Crippen molar-refractivity contribution in [2.45, 2.75) is 12.3 Å². The molecule has 0 bridgehead atoms. The fraction of sp³-hybridized carbons (Fsp3) is 0.333. The molecule has 5 nitrogen and oxygen atoms in total. The number of alkyl halides is 3. The number of nitrogens with one attached hydrogen (secondary N) is 2. The molecule has 0 aromatic heterocycles. The number of halogens is 5. The molecule has 0 unspecified atom stereocenters. The number of carbonyl (C=O) groups is 2. The van der Waals surface area contributed by atoms with E-state index in [2.05, 4.69) is 0 Å². The molecular weight excluding hydrogens is 315 g/mol. The monoisotopic (exact) mass is 326 g/mol. The van der Waals surface area contributed by atoms with Gasteiger partial charge in [-0.15, -0.1) is 0 Å². The first kappa shape index (κ1) is 17.8. The fourth-order valence-electron chi connectivity index (χ4n) is 1.34. The van der Waals surface area contributed by atoms with Gasteiger partial charge in [0.15, 0.2) is 6.10 Å². The molecule has 3 N–H and O–H groups in total. The second-order valence-corrected chi connectivity index (χ2v) is 4.20. The van der Waals surface area contributed by atoms with Crippen molar-refractivity contribution >= 4 is 11.8 Å². The molecule has 1 rings (SSSR count). The summed E-state index contributed by atoms with van der Waals surface area (Å²) in [5, 5.41) is 12.4. The van der Waals surface area contributed by atoms with Gasteiger partial charge in [0.1, 0.15) is 11.6 Å². The zero-order chi connectivity index (χ0) is 16.9. The Kier molecular flexibility index (Phi) is 5.80. The largest absolute Gasteiger partial charge is 0.416 e. The Morgan fingerprint density at radius 2 is 1.64 bits per heavy atom. The molecule has 0 saturated heterocycles. The molecule has 10 heteroatoms. The lowest BCUT2D eigenvalue weighted by Crippen LogP contribution is -2.44. The molecule has 122 valence electrons. The summed E-state index contributed by atoms with van der Waals surface area (Å²) in [7, 11) is 0. The second kappa shape index (κ2) is 7.16. The summed E-state index contributed by atoms with van der Waals surface area (Å²) < 4.78 is 61.7. The summed E-state index contributed by atoms with van der Waals surface area (Å²) >= 11 is 0. The zero-order valence-electron chi connectivity index (χ0n) is 10.9. The van der Waals surface area contributed by atoms with Crippen LogP contribution in [0, 0.1) is 11.6 Å². The van der Waals surface area contributed by atoms with E-state index < -0.39 is 48.8 Å². The lowest BCUT2D eigenvalue weighted by atomic mass is 10.2. The first-order valence-corrected chi connectivity index (χ1v) is 5.85. The molecule has 1 atom stereocenters. The van der Waals surface area contributed by atoms with E-state index in [0.717, 1.165) is 12.1 Å². The number of aliphatic hydroxyl groups excluding tert-OH is 1. The van der Waals surface area contributed by atoms with Crippen LogP contribution in [-0.4, -0.2) is 42.3 Å². The van der Waals surface area contributed by atoms with E-state index in [-0.39, 0.29) is 5.56 Å². The Hall–Kier alpha value is -2.23. The number of hydrogen-bond donors (Lipinski definition) is 3. The molecule has 0 saturated carbocycles. The van der Waals surface area contributed by atoms with Gasteiger partial charge in [-0.25, -0.2) is 8.78 Å². The lowest BCUT2D eigenvalue weighted by Gasteiger charge is -2.15. The number of rotatable bonds is 5. The van der Waals surface area contributed by atoms with Crippen LogP contribution in [0.1, 0.15) is 10.4 Å². The third kappa shape index (κ3) is 5.64. The van der Waals surface area contributed by atoms with Crippen molar-refractivity contribution in [3.63, 3.8) is 0 Å². The summed E-state index contributed by atoms with van der Waals surface area (Å²) in [6.45, 7) is -1.80. The van der Waals surface area contributed by atoms with Gasteiger partial charge in [-0.2, -0.15) is 13.2 Å². The smallest absolute Gasteiger partial charge is 0.382 e. The molecule has 0 heterocycles. The molecule has 2 amide bonds. The predicted octanol–water partition coefficient (Wildman–Crippen LogP) is 0.734. The minimum Gasteiger partial charge on any atom is -0.382 e. The van der Waals surface area contributed by atoms with Crippen LogP contribution in [0.3, 0.4) is 0 Å². The molecule has 0 spiro atoms. The topological polar surface area (TPSA) is 78.4 Å². The fourth-order valence-corrected chi connectivity index (χ4v) is 1.34. The second-order valence-electron chi connectivity index (χ2n) is 4.20. The van der Waals surface area contributed by atoms with Crippen molar-refractivity contribution in [3.05, 3.63) is 35.4 Å². The van der Waals surface area contributed by atoms with Gasteiger partial charge in [-0.3, -0.25) is 9.59 Å². The van der Waals surface area contributed by atoms with Crippen LogP contribution >= 0.6 is 0 Å². The Balaban J connectivity index is 2.45. The molecule has 0 aliphatic carbocycles. The third-order valence-electron chi connectivity index (χ3n) is 2.40. The standard InChI is InChI=1S/C12H11F5N2O3/c13-7-1-6(2-8(14)3-7)11(22)19-5-10(21)18-4-9(20)12(15,16)17/h1-3,9,20H,4-5H2,(H,18,21)(H,19,22)/t9-/m0/s1. The van der Waals surface area contributed by atoms with Crippen LogP contribution in [0.15, 0.2) is 18.2 Å². The molecule has 0 fully saturated rings. The van der Waals surface area contributed by atoms with E-state index in [1.165, 1.54) is 0 Å². The highest BCUT2D eigenvalue weighted by Crippen LogP contribution is 2.19. The molecule has 1 aromatic carbocycles. The van der Waals surface area contributed by atoms with Gasteiger partial charge >= 0.3 is 6.18 Å². The minimum atomic E-state index is -4.88. The van der Waals surface area contributed by atoms with E-state index in [0.29, 0.717) is 6.07 Å². The van der Waals surface area contributed by atoms with Gasteiger partial charge in [0, 0.05) is 11.6 Å². The normalized spacial score (nSPS) is 12.6. The Morgan fingerprint density at radius 1 is 1.09 bits per heavy atom. The molecule has 22 heavy (non-hydrogen) atoms. The van der Waals surface area contributed by atoms with Crippen molar-refractivity contribution in [1.29, 1.82) is 0 Å². The van der Waals surface area contributed by atoms with E-state index in [9.17, 15) is 31.5 Å². The highest BCUT2D eigenvalue weighted by atomic mass is 19.4. The summed E-state index contributed by atoms with van der Waals surface area (Å²) in [4.78, 5) is 22.7. The van der Waals surface area contributed by atoms with E-state index in [4.69, 9.17) is 5.11 Å². The van der Waals surface area contributed by atoms with E-state index >= 15 is 0 Å². The maximum atomic E-state index is 12.9. The van der Waals surface area contributed by atoms with E-state index in [1.807, 2.05) is 5.32 Å². The SMILES string of the molecule is O=C(CNC(=O)c1cc(F)cc(F)c1)NC[C@H](O)C(F)(F)F. The van der Waals surface area contributed by atoms with Crippen LogP contribution in [0.25, 0.3) is 0 Å². The van der Waals surface area contributed by atoms with Gasteiger partial charge in [0.05, 0.1) is 13.1 Å². The van der Waals surface area contributed by atoms with Gasteiger partial charge in [-0.05, 0) is 12.1 Å². The minimum absolute atomic E-state index is 0.388. The van der Waals surface area contributed by atoms with Crippen LogP contribution in [0.2, 0.25) is 0 Å². The van der Waals surface area contributed by atoms with Crippen molar-refractivity contribution in [1.82, 2.24) is 10.6 Å². The van der Waals surface area contributed by atoms with Gasteiger partial charge in [-0.1, -0.05) is 0 Å². The number of carbonyl (C=O) groups excluding carboxylic acids is 2. The van der Waals surface area contributed by atoms with Crippen molar-refractivity contribution in [2.24, 2.45) is 0 Å². The van der Waals surface area contributed by atoms with Crippen LogP contribution in [0.5, 0.6) is 0 Å². The molecule has 0 aliphatic rings. The number of hydrogen-bond acceptors (Lipinski definition) is 3. The van der Waals surface area contributed by atoms with Gasteiger partial charge in [0.2, 0.25) is 5.91 Å². The Labute approximate surface area is 121 Å². The summed E-state index contributed by atoms with van der Waals surface area (Å²) in [5.41, 5.74) is -0.388. The van der Waals surface area contributed by atoms with Gasteiger partial charge in [0.25, 0.3) is 5.91 Å². The Bertz CT molecular complexity index is 542. The van der Waals surface area contributed by atoms with Crippen molar-refractivity contribution in [2.75, 3.05) is 13.1 Å². The molecular formula is C12H11F5N2O3. The average molecular weight is 326 g/mol. The third-order valence-corrected chi connectivity index (χ3v) is 2.40. The van der Waals surface area contributed by atoms with Crippen molar-refractivity contribution in [3.8, 4) is 0 Å². The average Bonchev–Trinajstić information content (AvgIpc) is 2.39. The number of aliphatic hydroxyl groups is 1.